The number of nitrogens with zero attached hydrogens (tertiary/aromatic N) is 2. The van der Waals surface area contributed by atoms with E-state index in [0.29, 0.717) is 0 Å². The maximum Gasteiger partial charge on any atom is 0.140 e. The lowest BCUT2D eigenvalue weighted by Crippen LogP contribution is -2.28. The molecule has 4 nitrogen and oxygen atoms in total. The minimum Gasteiger partial charge on any atom is -0.456 e. The van der Waals surface area contributed by atoms with Crippen LogP contribution in [0.2, 0.25) is 0 Å². The van der Waals surface area contributed by atoms with Crippen LogP contribution in [-0.4, -0.2) is 0 Å². The first-order chi connectivity index (χ1) is 54.1. The van der Waals surface area contributed by atoms with Crippen LogP contribution >= 0.6 is 11.3 Å². The first-order valence-electron chi connectivity index (χ1n) is 37.4. The molecule has 20 aromatic rings. The summed E-state index contributed by atoms with van der Waals surface area (Å²) in [4.78, 5) is 4.73. The highest BCUT2D eigenvalue weighted by molar-refractivity contribution is 7.26. The van der Waals surface area contributed by atoms with Gasteiger partial charge in [-0.2, -0.15) is 0 Å². The molecule has 3 aromatic heterocycles. The van der Waals surface area contributed by atoms with Gasteiger partial charge < -0.3 is 18.6 Å². The molecular formula is C104H68N2O2S. The van der Waals surface area contributed by atoms with Crippen LogP contribution in [0.1, 0.15) is 44.5 Å². The van der Waals surface area contributed by atoms with Crippen LogP contribution in [-0.2, 0) is 10.8 Å². The topological polar surface area (TPSA) is 32.8 Å². The number of benzene rings is 17. The van der Waals surface area contributed by atoms with Gasteiger partial charge in [-0.1, -0.05) is 322 Å². The lowest BCUT2D eigenvalue weighted by molar-refractivity contribution is 0.648. The molecule has 109 heavy (non-hydrogen) atoms. The number of fused-ring (bicyclic) bond motifs is 15. The predicted molar refractivity (Wildman–Crippen MR) is 455 cm³/mol. The molecule has 0 bridgehead atoms. The third-order valence-electron chi connectivity index (χ3n) is 22.7. The highest BCUT2D eigenvalue weighted by Gasteiger charge is 2.48. The molecule has 0 saturated heterocycles. The number of thiophene rings is 1. The van der Waals surface area contributed by atoms with Crippen LogP contribution in [0.3, 0.4) is 0 Å². The predicted octanol–water partition coefficient (Wildman–Crippen LogP) is 28.5. The van der Waals surface area contributed by atoms with Gasteiger partial charge in [-0.15, -0.1) is 11.3 Å². The second-order valence-corrected chi connectivity index (χ2v) is 29.5. The van der Waals surface area contributed by atoms with Gasteiger partial charge in [0.25, 0.3) is 0 Å². The first kappa shape index (κ1) is 63.6. The van der Waals surface area contributed by atoms with E-state index in [4.69, 9.17) is 8.83 Å². The van der Waals surface area contributed by atoms with E-state index in [0.717, 1.165) is 77.9 Å². The van der Waals surface area contributed by atoms with Crippen LogP contribution < -0.4 is 9.80 Å². The first-order valence-corrected chi connectivity index (χ1v) is 38.2. The minimum atomic E-state index is -0.553. The summed E-state index contributed by atoms with van der Waals surface area (Å²) < 4.78 is 15.9. The fraction of sp³-hybridized carbons (Fsp3) is 0.0192. The van der Waals surface area contributed by atoms with Crippen molar-refractivity contribution in [2.75, 3.05) is 9.80 Å². The smallest absolute Gasteiger partial charge is 0.140 e. The molecule has 0 fully saturated rings. The van der Waals surface area contributed by atoms with E-state index >= 15 is 0 Å². The van der Waals surface area contributed by atoms with E-state index in [2.05, 4.69) is 410 Å². The molecule has 0 spiro atoms. The number of hydrogen-bond donors (Lipinski definition) is 0. The lowest BCUT2D eigenvalue weighted by Gasteiger charge is -2.33. The molecule has 3 heterocycles. The zero-order valence-corrected chi connectivity index (χ0v) is 60.2. The molecular weight excluding hydrogens is 1340 g/mol. The summed E-state index contributed by atoms with van der Waals surface area (Å²) in [6.07, 6.45) is 0. The van der Waals surface area contributed by atoms with Gasteiger partial charge in [0.2, 0.25) is 0 Å². The van der Waals surface area contributed by atoms with Crippen molar-refractivity contribution in [2.45, 2.75) is 10.8 Å². The highest BCUT2D eigenvalue weighted by atomic mass is 32.1. The van der Waals surface area contributed by atoms with Crippen molar-refractivity contribution in [1.82, 2.24) is 0 Å². The van der Waals surface area contributed by atoms with Crippen molar-refractivity contribution in [3.63, 3.8) is 0 Å². The number of anilines is 6. The molecule has 0 saturated carbocycles. The van der Waals surface area contributed by atoms with Gasteiger partial charge in [0, 0.05) is 77.1 Å². The standard InChI is InChI=1S/C55H37NS.C49H31NO2/c1-4-16-38(17-5-1)40-30-33-44(34-31-40)56(45-23-14-20-41(36-45)39-18-6-2-7-19-39)52-29-15-26-49-48-35-32-43(37-53(48)57-54(49)52)55(42-21-8-3-9-22-42)50-27-12-10-24-46(50)47-25-11-13-28-51(47)55;1-3-14-32(15-4-1)49(42-22-10-7-18-36(42)37-19-8-11-23-43(37)49)44-24-13-21-40-41-30-34(27-29-46(41)52-48(40)44)50(33-16-5-2-6-17-33)35-26-28-39-38-20-9-12-25-45(38)51-47(39)31-35/h1-37H;1-31H. The number of para-hydroxylation sites is 3. The molecule has 0 atom stereocenters. The Hall–Kier alpha value is -13.8. The molecule has 22 rings (SSSR count). The van der Waals surface area contributed by atoms with E-state index in [9.17, 15) is 0 Å². The Morgan fingerprint density at radius 1 is 0.220 bits per heavy atom. The third-order valence-corrected chi connectivity index (χ3v) is 23.9. The van der Waals surface area contributed by atoms with Crippen molar-refractivity contribution >= 4 is 110 Å². The van der Waals surface area contributed by atoms with Crippen molar-refractivity contribution in [3.8, 4) is 44.5 Å². The fourth-order valence-corrected chi connectivity index (χ4v) is 19.2. The van der Waals surface area contributed by atoms with Crippen LogP contribution in [0.25, 0.3) is 109 Å². The molecule has 2 aliphatic carbocycles. The van der Waals surface area contributed by atoms with E-state index in [1.165, 1.54) is 109 Å². The second kappa shape index (κ2) is 26.0. The summed E-state index contributed by atoms with van der Waals surface area (Å²) in [7, 11) is 0. The maximum absolute atomic E-state index is 6.98. The average molecular weight is 1410 g/mol. The fourth-order valence-electron chi connectivity index (χ4n) is 18.0. The van der Waals surface area contributed by atoms with Crippen molar-refractivity contribution < 1.29 is 8.83 Å². The third kappa shape index (κ3) is 10.2. The largest absolute Gasteiger partial charge is 0.456 e. The molecule has 0 amide bonds. The molecule has 0 radical (unpaired) electrons. The Morgan fingerprint density at radius 2 is 0.651 bits per heavy atom. The van der Waals surface area contributed by atoms with Gasteiger partial charge in [-0.3, -0.25) is 0 Å². The van der Waals surface area contributed by atoms with Crippen molar-refractivity contribution in [3.05, 3.63) is 457 Å². The van der Waals surface area contributed by atoms with Gasteiger partial charge in [0.15, 0.2) is 0 Å². The van der Waals surface area contributed by atoms with E-state index in [1.54, 1.807) is 0 Å². The molecule has 5 heteroatoms. The Bertz CT molecular complexity index is 6770. The van der Waals surface area contributed by atoms with Crippen molar-refractivity contribution in [1.29, 1.82) is 0 Å². The Morgan fingerprint density at radius 3 is 1.31 bits per heavy atom. The molecule has 0 N–H and O–H groups in total. The summed E-state index contributed by atoms with van der Waals surface area (Å²) >= 11 is 1.89. The van der Waals surface area contributed by atoms with Gasteiger partial charge >= 0.3 is 0 Å². The summed E-state index contributed by atoms with van der Waals surface area (Å²) in [5.41, 5.74) is 29.1. The van der Waals surface area contributed by atoms with Crippen molar-refractivity contribution in [2.24, 2.45) is 0 Å². The van der Waals surface area contributed by atoms with Crippen LogP contribution in [0.4, 0.5) is 34.1 Å². The van der Waals surface area contributed by atoms with E-state index in [1.807, 2.05) is 23.5 Å². The number of hydrogen-bond acceptors (Lipinski definition) is 5. The quantitative estimate of drug-likeness (QED) is 0.122. The number of rotatable bonds is 12. The lowest BCUT2D eigenvalue weighted by atomic mass is 9.67. The van der Waals surface area contributed by atoms with E-state index < -0.39 is 10.8 Å². The summed E-state index contributed by atoms with van der Waals surface area (Å²) in [5.74, 6) is 0. The molecule has 512 valence electrons. The average Bonchev–Trinajstić information content (AvgIpc) is 1.54. The second-order valence-electron chi connectivity index (χ2n) is 28.5. The van der Waals surface area contributed by atoms with Crippen LogP contribution in [0.15, 0.2) is 421 Å². The molecule has 2 aliphatic rings. The van der Waals surface area contributed by atoms with Gasteiger partial charge in [-0.05, 0) is 168 Å². The highest BCUT2D eigenvalue weighted by Crippen LogP contribution is 2.60. The maximum atomic E-state index is 6.98. The normalized spacial score (nSPS) is 12.9. The molecule has 17 aromatic carbocycles. The van der Waals surface area contributed by atoms with Crippen LogP contribution in [0, 0.1) is 0 Å². The summed E-state index contributed by atoms with van der Waals surface area (Å²) in [6, 6.07) is 149. The van der Waals surface area contributed by atoms with Gasteiger partial charge in [-0.25, -0.2) is 0 Å². The minimum absolute atomic E-state index is 0.438. The monoisotopic (exact) mass is 1410 g/mol. The summed E-state index contributed by atoms with van der Waals surface area (Å²) in [5, 5.41) is 6.94. The Labute approximate surface area is 636 Å². The molecule has 0 unspecified atom stereocenters. The SMILES string of the molecule is c1ccc(-c2ccc(N(c3cccc(-c4ccccc4)c3)c3cccc4c3sc3cc(C5(c6ccccc6)c6ccccc6-c6ccccc65)ccc34)cc2)cc1.c1ccc(N(c2ccc3c(c2)oc2ccccc23)c2ccc3oc4c(C5(c6ccccc6)c6ccccc6-c6ccccc65)cccc4c3c2)cc1. The summed E-state index contributed by atoms with van der Waals surface area (Å²) in [6.45, 7) is 0. The number of furan rings is 2. The zero-order valence-electron chi connectivity index (χ0n) is 59.4. The van der Waals surface area contributed by atoms with Gasteiger partial charge in [0.1, 0.15) is 22.3 Å². The zero-order chi connectivity index (χ0) is 72.0. The van der Waals surface area contributed by atoms with Crippen LogP contribution in [0.5, 0.6) is 0 Å². The van der Waals surface area contributed by atoms with E-state index in [-0.39, 0.29) is 0 Å². The Balaban J connectivity index is 0.000000139. The van der Waals surface area contributed by atoms with Gasteiger partial charge in [0.05, 0.1) is 21.2 Å². The Kier molecular flexibility index (Phi) is 15.2. The molecule has 0 aliphatic heterocycles.